The smallest absolute Gasteiger partial charge is 0.0328 e. The Morgan fingerprint density at radius 3 is 2.88 bits per heavy atom. The van der Waals surface area contributed by atoms with Crippen LogP contribution in [0.3, 0.4) is 0 Å². The number of nitrogens with two attached hydrogens (primary N) is 1. The highest BCUT2D eigenvalue weighted by atomic mass is 79.9. The Hall–Kier alpha value is -0.150. The highest BCUT2D eigenvalue weighted by Gasteiger charge is 2.18. The van der Waals surface area contributed by atoms with E-state index in [1.54, 1.807) is 0 Å². The molecule has 3 heteroatoms. The fourth-order valence-corrected chi connectivity index (χ4v) is 4.45. The molecule has 0 amide bonds. The van der Waals surface area contributed by atoms with E-state index in [0.29, 0.717) is 0 Å². The summed E-state index contributed by atoms with van der Waals surface area (Å²) >= 11 is 5.59. The maximum absolute atomic E-state index is 5.85. The predicted octanol–water partition coefficient (Wildman–Crippen LogP) is 4.84. The van der Waals surface area contributed by atoms with E-state index in [0.717, 1.165) is 27.1 Å². The monoisotopic (exact) mass is 313 g/mol. The summed E-state index contributed by atoms with van der Waals surface area (Å²) in [5.74, 6) is 2.00. The molecule has 0 bridgehead atoms. The molecule has 0 saturated heterocycles. The first-order valence-electron chi connectivity index (χ1n) is 6.30. The molecule has 0 spiro atoms. The van der Waals surface area contributed by atoms with Crippen molar-refractivity contribution in [3.63, 3.8) is 0 Å². The summed E-state index contributed by atoms with van der Waals surface area (Å²) in [5, 5.41) is 0.846. The fourth-order valence-electron chi connectivity index (χ4n) is 2.50. The Balaban J connectivity index is 1.88. The predicted molar refractivity (Wildman–Crippen MR) is 81.3 cm³/mol. The van der Waals surface area contributed by atoms with Crippen LogP contribution in [0.1, 0.15) is 38.2 Å². The van der Waals surface area contributed by atoms with Gasteiger partial charge in [-0.3, -0.25) is 0 Å². The van der Waals surface area contributed by atoms with E-state index < -0.39 is 0 Å². The minimum absolute atomic E-state index is 0.846. The van der Waals surface area contributed by atoms with Gasteiger partial charge in [-0.05, 0) is 42.5 Å². The first kappa shape index (κ1) is 13.3. The van der Waals surface area contributed by atoms with Crippen molar-refractivity contribution in [3.8, 4) is 0 Å². The number of thioether (sulfide) groups is 1. The third-order valence-corrected chi connectivity index (χ3v) is 5.21. The van der Waals surface area contributed by atoms with Gasteiger partial charge in [0.15, 0.2) is 0 Å². The maximum Gasteiger partial charge on any atom is 0.0328 e. The van der Waals surface area contributed by atoms with E-state index in [-0.39, 0.29) is 0 Å². The van der Waals surface area contributed by atoms with Gasteiger partial charge in [0.05, 0.1) is 0 Å². The summed E-state index contributed by atoms with van der Waals surface area (Å²) in [6, 6.07) is 6.22. The van der Waals surface area contributed by atoms with Crippen LogP contribution in [-0.4, -0.2) is 5.25 Å². The molecular formula is C14H20BrNS. The number of hydrogen-bond acceptors (Lipinski definition) is 2. The molecule has 94 valence electrons. The normalized spacial score (nSPS) is 24.8. The van der Waals surface area contributed by atoms with E-state index in [4.69, 9.17) is 5.73 Å². The molecule has 1 aliphatic carbocycles. The van der Waals surface area contributed by atoms with Crippen LogP contribution >= 0.6 is 27.7 Å². The van der Waals surface area contributed by atoms with Crippen molar-refractivity contribution < 1.29 is 0 Å². The summed E-state index contributed by atoms with van der Waals surface area (Å²) in [5.41, 5.74) is 8.04. The van der Waals surface area contributed by atoms with E-state index in [1.165, 1.54) is 31.2 Å². The second-order valence-electron chi connectivity index (χ2n) is 5.10. The molecule has 1 aliphatic rings. The lowest BCUT2D eigenvalue weighted by Gasteiger charge is -2.26. The lowest BCUT2D eigenvalue weighted by molar-refractivity contribution is 0.394. The summed E-state index contributed by atoms with van der Waals surface area (Å²) in [6.07, 6.45) is 5.59. The highest BCUT2D eigenvalue weighted by Crippen LogP contribution is 2.34. The number of anilines is 1. The molecule has 1 aromatic carbocycles. The number of benzene rings is 1. The number of rotatable bonds is 3. The maximum atomic E-state index is 5.85. The fraction of sp³-hybridized carbons (Fsp3) is 0.571. The van der Waals surface area contributed by atoms with Crippen molar-refractivity contribution in [2.24, 2.45) is 5.92 Å². The minimum Gasteiger partial charge on any atom is -0.399 e. The van der Waals surface area contributed by atoms with Crippen LogP contribution in [0.25, 0.3) is 0 Å². The summed E-state index contributed by atoms with van der Waals surface area (Å²) in [7, 11) is 0. The van der Waals surface area contributed by atoms with Gasteiger partial charge in [0, 0.05) is 21.2 Å². The van der Waals surface area contributed by atoms with Crippen LogP contribution in [0, 0.1) is 5.92 Å². The van der Waals surface area contributed by atoms with Crippen molar-refractivity contribution in [3.05, 3.63) is 28.2 Å². The zero-order chi connectivity index (χ0) is 12.3. The number of nitrogen functional groups attached to an aromatic ring is 1. The first-order valence-corrected chi connectivity index (χ1v) is 8.14. The lowest BCUT2D eigenvalue weighted by Crippen LogP contribution is -2.15. The van der Waals surface area contributed by atoms with Crippen molar-refractivity contribution >= 4 is 33.4 Å². The standard InChI is InChI=1S/C14H20BrNS/c1-10-3-2-4-14(5-10)17-9-11-6-12(15)8-13(16)7-11/h6-8,10,14H,2-5,9,16H2,1H3. The number of halogens is 1. The minimum atomic E-state index is 0.846. The second-order valence-corrected chi connectivity index (χ2v) is 7.30. The molecule has 0 radical (unpaired) electrons. The summed E-state index contributed by atoms with van der Waals surface area (Å²) < 4.78 is 1.09. The molecule has 2 rings (SSSR count). The van der Waals surface area contributed by atoms with Crippen molar-refractivity contribution in [1.82, 2.24) is 0 Å². The molecule has 0 aliphatic heterocycles. The van der Waals surface area contributed by atoms with Gasteiger partial charge in [-0.2, -0.15) is 11.8 Å². The van der Waals surface area contributed by atoms with Crippen molar-refractivity contribution in [1.29, 1.82) is 0 Å². The molecule has 1 fully saturated rings. The molecular weight excluding hydrogens is 294 g/mol. The van der Waals surface area contributed by atoms with E-state index in [2.05, 4.69) is 46.7 Å². The first-order chi connectivity index (χ1) is 8.13. The van der Waals surface area contributed by atoms with Gasteiger partial charge in [0.25, 0.3) is 0 Å². The SMILES string of the molecule is CC1CCCC(SCc2cc(N)cc(Br)c2)C1. The van der Waals surface area contributed by atoms with Crippen LogP contribution < -0.4 is 5.73 Å². The van der Waals surface area contributed by atoms with Gasteiger partial charge in [0.2, 0.25) is 0 Å². The third-order valence-electron chi connectivity index (χ3n) is 3.35. The van der Waals surface area contributed by atoms with Gasteiger partial charge in [-0.1, -0.05) is 35.7 Å². The van der Waals surface area contributed by atoms with Crippen molar-refractivity contribution in [2.45, 2.75) is 43.6 Å². The third kappa shape index (κ3) is 4.22. The van der Waals surface area contributed by atoms with Crippen LogP contribution in [0.4, 0.5) is 5.69 Å². The van der Waals surface area contributed by atoms with E-state index in [1.807, 2.05) is 6.07 Å². The van der Waals surface area contributed by atoms with Gasteiger partial charge in [-0.25, -0.2) is 0 Å². The average molecular weight is 314 g/mol. The molecule has 1 aromatic rings. The Morgan fingerprint density at radius 2 is 2.18 bits per heavy atom. The van der Waals surface area contributed by atoms with Crippen LogP contribution in [0.15, 0.2) is 22.7 Å². The Morgan fingerprint density at radius 1 is 1.35 bits per heavy atom. The zero-order valence-electron chi connectivity index (χ0n) is 10.3. The molecule has 0 heterocycles. The lowest BCUT2D eigenvalue weighted by atomic mass is 9.91. The Bertz CT molecular complexity index is 360. The van der Waals surface area contributed by atoms with E-state index >= 15 is 0 Å². The molecule has 2 atom stereocenters. The van der Waals surface area contributed by atoms with Crippen LogP contribution in [0.5, 0.6) is 0 Å². The topological polar surface area (TPSA) is 26.0 Å². The van der Waals surface area contributed by atoms with Gasteiger partial charge < -0.3 is 5.73 Å². The van der Waals surface area contributed by atoms with Crippen LogP contribution in [0.2, 0.25) is 0 Å². The van der Waals surface area contributed by atoms with Crippen molar-refractivity contribution in [2.75, 3.05) is 5.73 Å². The highest BCUT2D eigenvalue weighted by molar-refractivity contribution is 9.10. The zero-order valence-corrected chi connectivity index (χ0v) is 12.7. The Labute approximate surface area is 117 Å². The second kappa shape index (κ2) is 6.14. The molecule has 1 nitrogen and oxygen atoms in total. The van der Waals surface area contributed by atoms with Crippen LogP contribution in [-0.2, 0) is 5.75 Å². The summed E-state index contributed by atoms with van der Waals surface area (Å²) in [4.78, 5) is 0. The molecule has 1 saturated carbocycles. The van der Waals surface area contributed by atoms with Gasteiger partial charge in [0.1, 0.15) is 0 Å². The number of hydrogen-bond donors (Lipinski definition) is 1. The molecule has 2 unspecified atom stereocenters. The molecule has 17 heavy (non-hydrogen) atoms. The van der Waals surface area contributed by atoms with E-state index in [9.17, 15) is 0 Å². The largest absolute Gasteiger partial charge is 0.399 e. The molecule has 2 N–H and O–H groups in total. The quantitative estimate of drug-likeness (QED) is 0.808. The van der Waals surface area contributed by atoms with Gasteiger partial charge in [-0.15, -0.1) is 0 Å². The Kier molecular flexibility index (Phi) is 4.80. The van der Waals surface area contributed by atoms with Gasteiger partial charge >= 0.3 is 0 Å². The summed E-state index contributed by atoms with van der Waals surface area (Å²) in [6.45, 7) is 2.38. The average Bonchev–Trinajstić information content (AvgIpc) is 2.25. The molecule has 0 aromatic heterocycles.